The van der Waals surface area contributed by atoms with Crippen molar-refractivity contribution in [1.82, 2.24) is 5.32 Å². The number of benzene rings is 1. The fourth-order valence-electron chi connectivity index (χ4n) is 1.06. The summed E-state index contributed by atoms with van der Waals surface area (Å²) in [7, 11) is 0. The Balaban J connectivity index is 2.63. The van der Waals surface area contributed by atoms with Gasteiger partial charge in [0.25, 0.3) is 0 Å². The van der Waals surface area contributed by atoms with Crippen LogP contribution in [0.3, 0.4) is 0 Å². The second-order valence-electron chi connectivity index (χ2n) is 3.09. The summed E-state index contributed by atoms with van der Waals surface area (Å²) in [5.74, 6) is 0. The van der Waals surface area contributed by atoms with E-state index >= 15 is 0 Å². The Bertz CT molecular complexity index is 377. The number of amides is 2. The quantitative estimate of drug-likeness (QED) is 0.772. The van der Waals surface area contributed by atoms with Gasteiger partial charge < -0.3 is 10.6 Å². The van der Waals surface area contributed by atoms with E-state index in [-0.39, 0.29) is 6.03 Å². The summed E-state index contributed by atoms with van der Waals surface area (Å²) in [6, 6.07) is 7.40. The van der Waals surface area contributed by atoms with Crippen molar-refractivity contribution in [1.29, 1.82) is 0 Å². The molecule has 1 aromatic carbocycles. The zero-order chi connectivity index (χ0) is 11.3. The molecule has 0 saturated carbocycles. The van der Waals surface area contributed by atoms with E-state index in [2.05, 4.69) is 17.2 Å². The van der Waals surface area contributed by atoms with E-state index in [0.29, 0.717) is 5.70 Å². The number of rotatable bonds is 3. The molecule has 0 aliphatic carbocycles. The van der Waals surface area contributed by atoms with Crippen molar-refractivity contribution in [2.24, 2.45) is 0 Å². The Morgan fingerprint density at radius 2 is 2.20 bits per heavy atom. The maximum atomic E-state index is 11.3. The summed E-state index contributed by atoms with van der Waals surface area (Å²) in [5.41, 5.74) is 1.40. The molecule has 1 rings (SSSR count). The summed E-state index contributed by atoms with van der Waals surface area (Å²) < 4.78 is 0. The van der Waals surface area contributed by atoms with E-state index in [4.69, 9.17) is 0 Å². The van der Waals surface area contributed by atoms with E-state index in [1.54, 1.807) is 18.7 Å². The molecule has 0 atom stereocenters. The van der Waals surface area contributed by atoms with Crippen molar-refractivity contribution < 1.29 is 4.79 Å². The fourth-order valence-corrected chi connectivity index (χ4v) is 1.52. The van der Waals surface area contributed by atoms with Crippen molar-refractivity contribution in [3.05, 3.63) is 36.5 Å². The van der Waals surface area contributed by atoms with Gasteiger partial charge in [-0.3, -0.25) is 0 Å². The lowest BCUT2D eigenvalue weighted by atomic mass is 10.3. The van der Waals surface area contributed by atoms with Crippen molar-refractivity contribution in [3.8, 4) is 0 Å². The normalized spacial score (nSPS) is 9.47. The number of hydrogen-bond acceptors (Lipinski definition) is 2. The highest BCUT2D eigenvalue weighted by Gasteiger charge is 2.01. The zero-order valence-corrected chi connectivity index (χ0v) is 9.65. The number of nitrogens with one attached hydrogen (secondary N) is 2. The van der Waals surface area contributed by atoms with Crippen molar-refractivity contribution in [2.45, 2.75) is 11.8 Å². The third-order valence-corrected chi connectivity index (χ3v) is 2.38. The average Bonchev–Trinajstić information content (AvgIpc) is 2.16. The summed E-state index contributed by atoms with van der Waals surface area (Å²) in [6.45, 7) is 5.33. The molecule has 0 spiro atoms. The maximum absolute atomic E-state index is 11.3. The van der Waals surface area contributed by atoms with Crippen LogP contribution in [0, 0.1) is 0 Å². The van der Waals surface area contributed by atoms with E-state index in [1.165, 1.54) is 0 Å². The lowest BCUT2D eigenvalue weighted by molar-refractivity contribution is 0.254. The van der Waals surface area contributed by atoms with E-state index in [1.807, 2.05) is 30.5 Å². The van der Waals surface area contributed by atoms with Crippen LogP contribution < -0.4 is 10.6 Å². The predicted molar refractivity (Wildman–Crippen MR) is 65.2 cm³/mol. The van der Waals surface area contributed by atoms with Crippen LogP contribution in [-0.2, 0) is 0 Å². The topological polar surface area (TPSA) is 41.1 Å². The first-order chi connectivity index (χ1) is 7.11. The van der Waals surface area contributed by atoms with Gasteiger partial charge >= 0.3 is 6.03 Å². The van der Waals surface area contributed by atoms with Crippen LogP contribution >= 0.6 is 11.8 Å². The minimum atomic E-state index is -0.263. The monoisotopic (exact) mass is 222 g/mol. The SMILES string of the molecule is C=C(C)NC(=O)Nc1cccc(SC)c1. The number of hydrogen-bond donors (Lipinski definition) is 2. The van der Waals surface area contributed by atoms with Crippen molar-refractivity contribution in [2.75, 3.05) is 11.6 Å². The number of carbonyl (C=O) groups excluding carboxylic acids is 1. The second-order valence-corrected chi connectivity index (χ2v) is 3.97. The van der Waals surface area contributed by atoms with Crippen molar-refractivity contribution in [3.63, 3.8) is 0 Å². The highest BCUT2D eigenvalue weighted by atomic mass is 32.2. The molecule has 4 heteroatoms. The second kappa shape index (κ2) is 5.46. The molecule has 3 nitrogen and oxygen atoms in total. The molecule has 0 aromatic heterocycles. The smallest absolute Gasteiger partial charge is 0.312 e. The summed E-state index contributed by atoms with van der Waals surface area (Å²) in [5, 5.41) is 5.30. The third kappa shape index (κ3) is 4.08. The molecule has 2 N–H and O–H groups in total. The average molecular weight is 222 g/mol. The van der Waals surface area contributed by atoms with Gasteiger partial charge in [-0.15, -0.1) is 11.8 Å². The molecular formula is C11H14N2OS. The fraction of sp³-hybridized carbons (Fsp3) is 0.182. The Morgan fingerprint density at radius 1 is 1.47 bits per heavy atom. The highest BCUT2D eigenvalue weighted by molar-refractivity contribution is 7.98. The van der Waals surface area contributed by atoms with Crippen LogP contribution in [0.1, 0.15) is 6.92 Å². The summed E-state index contributed by atoms with van der Waals surface area (Å²) in [6.07, 6.45) is 1.99. The Morgan fingerprint density at radius 3 is 2.80 bits per heavy atom. The van der Waals surface area contributed by atoms with Gasteiger partial charge in [0.1, 0.15) is 0 Å². The molecule has 0 aliphatic rings. The first kappa shape index (κ1) is 11.7. The molecule has 0 radical (unpaired) electrons. The molecule has 0 heterocycles. The summed E-state index contributed by atoms with van der Waals surface area (Å²) in [4.78, 5) is 12.4. The standard InChI is InChI=1S/C11H14N2OS/c1-8(2)12-11(14)13-9-5-4-6-10(7-9)15-3/h4-7H,1H2,2-3H3,(H2,12,13,14). The van der Waals surface area contributed by atoms with Gasteiger partial charge in [0.05, 0.1) is 0 Å². The lowest BCUT2D eigenvalue weighted by Gasteiger charge is -2.07. The number of carbonyl (C=O) groups is 1. The molecule has 0 saturated heterocycles. The molecule has 0 aliphatic heterocycles. The zero-order valence-electron chi connectivity index (χ0n) is 8.83. The first-order valence-electron chi connectivity index (χ1n) is 4.49. The van der Waals surface area contributed by atoms with Crippen LogP contribution in [-0.4, -0.2) is 12.3 Å². The highest BCUT2D eigenvalue weighted by Crippen LogP contribution is 2.18. The van der Waals surface area contributed by atoms with E-state index in [0.717, 1.165) is 10.6 Å². The van der Waals surface area contributed by atoms with Crippen molar-refractivity contribution >= 4 is 23.5 Å². The number of thioether (sulfide) groups is 1. The number of allylic oxidation sites excluding steroid dienone is 1. The molecule has 0 unspecified atom stereocenters. The van der Waals surface area contributed by atoms with Crippen LogP contribution in [0.2, 0.25) is 0 Å². The van der Waals surface area contributed by atoms with Crippen LogP contribution in [0.4, 0.5) is 10.5 Å². The minimum absolute atomic E-state index is 0.263. The predicted octanol–water partition coefficient (Wildman–Crippen LogP) is 3.06. The molecule has 80 valence electrons. The van der Waals surface area contributed by atoms with Crippen LogP contribution in [0.15, 0.2) is 41.4 Å². The van der Waals surface area contributed by atoms with Gasteiger partial charge in [0.2, 0.25) is 0 Å². The maximum Gasteiger partial charge on any atom is 0.323 e. The van der Waals surface area contributed by atoms with E-state index in [9.17, 15) is 4.79 Å². The van der Waals surface area contributed by atoms with Gasteiger partial charge in [0.15, 0.2) is 0 Å². The third-order valence-electron chi connectivity index (χ3n) is 1.65. The Labute approximate surface area is 94.0 Å². The van der Waals surface area contributed by atoms with Crippen LogP contribution in [0.5, 0.6) is 0 Å². The molecule has 0 fully saturated rings. The Kier molecular flexibility index (Phi) is 4.24. The van der Waals surface area contributed by atoms with Gasteiger partial charge in [0, 0.05) is 16.3 Å². The lowest BCUT2D eigenvalue weighted by Crippen LogP contribution is -2.26. The van der Waals surface area contributed by atoms with Gasteiger partial charge in [-0.05, 0) is 31.4 Å². The van der Waals surface area contributed by atoms with Gasteiger partial charge in [-0.2, -0.15) is 0 Å². The van der Waals surface area contributed by atoms with E-state index < -0.39 is 0 Å². The number of anilines is 1. The largest absolute Gasteiger partial charge is 0.323 e. The first-order valence-corrected chi connectivity index (χ1v) is 5.72. The molecule has 2 amide bonds. The van der Waals surface area contributed by atoms with Gasteiger partial charge in [-0.25, -0.2) is 4.79 Å². The molecular weight excluding hydrogens is 208 g/mol. The molecule has 1 aromatic rings. The van der Waals surface area contributed by atoms with Gasteiger partial charge in [-0.1, -0.05) is 12.6 Å². The minimum Gasteiger partial charge on any atom is -0.312 e. The number of urea groups is 1. The Hall–Kier alpha value is -1.42. The summed E-state index contributed by atoms with van der Waals surface area (Å²) >= 11 is 1.63. The van der Waals surface area contributed by atoms with Crippen LogP contribution in [0.25, 0.3) is 0 Å². The molecule has 15 heavy (non-hydrogen) atoms. The molecule has 0 bridgehead atoms.